The molecular weight excluding hydrogens is 242 g/mol. The lowest BCUT2D eigenvalue weighted by Gasteiger charge is -2.36. The summed E-state index contributed by atoms with van der Waals surface area (Å²) in [6, 6.07) is 9.63. The van der Waals surface area contributed by atoms with Gasteiger partial charge in [0.15, 0.2) is 0 Å². The normalized spacial score (nSPS) is 23.5. The summed E-state index contributed by atoms with van der Waals surface area (Å²) in [4.78, 5) is 12.1. The molecule has 0 amide bonds. The quantitative estimate of drug-likeness (QED) is 0.798. The van der Waals surface area contributed by atoms with Gasteiger partial charge in [-0.05, 0) is 25.3 Å². The Morgan fingerprint density at radius 2 is 2.05 bits per heavy atom. The maximum atomic E-state index is 12.1. The summed E-state index contributed by atoms with van der Waals surface area (Å²) >= 11 is 0. The van der Waals surface area contributed by atoms with Gasteiger partial charge in [0.05, 0.1) is 12.7 Å². The highest BCUT2D eigenvalue weighted by Crippen LogP contribution is 2.26. The average molecular weight is 263 g/mol. The Kier molecular flexibility index (Phi) is 4.93. The Balaban J connectivity index is 2.01. The zero-order valence-electron chi connectivity index (χ0n) is 11.5. The third-order valence-electron chi connectivity index (χ3n) is 3.49. The standard InChI is InChI=1S/C15H21NO3/c1-3-19-15(17)14(11-7-5-4-6-8-11)16-12-9-13(10-12)18-2/h4-8,12-14,16H,3,9-10H2,1-2H3. The molecule has 19 heavy (non-hydrogen) atoms. The second-order valence-electron chi connectivity index (χ2n) is 4.79. The zero-order valence-corrected chi connectivity index (χ0v) is 11.5. The van der Waals surface area contributed by atoms with E-state index in [9.17, 15) is 4.79 Å². The second kappa shape index (κ2) is 6.68. The number of benzene rings is 1. The molecule has 4 nitrogen and oxygen atoms in total. The molecule has 1 unspecified atom stereocenters. The number of esters is 1. The Hall–Kier alpha value is -1.39. The van der Waals surface area contributed by atoms with Crippen LogP contribution >= 0.6 is 0 Å². The van der Waals surface area contributed by atoms with Crippen molar-refractivity contribution in [2.45, 2.75) is 38.0 Å². The van der Waals surface area contributed by atoms with Gasteiger partial charge in [0.2, 0.25) is 0 Å². The van der Waals surface area contributed by atoms with Crippen LogP contribution in [0.5, 0.6) is 0 Å². The monoisotopic (exact) mass is 263 g/mol. The van der Waals surface area contributed by atoms with E-state index >= 15 is 0 Å². The van der Waals surface area contributed by atoms with Crippen molar-refractivity contribution >= 4 is 5.97 Å². The van der Waals surface area contributed by atoms with Gasteiger partial charge in [-0.15, -0.1) is 0 Å². The Labute approximate surface area is 114 Å². The van der Waals surface area contributed by atoms with E-state index in [1.54, 1.807) is 7.11 Å². The van der Waals surface area contributed by atoms with E-state index < -0.39 is 0 Å². The molecule has 1 fully saturated rings. The van der Waals surface area contributed by atoms with Crippen LogP contribution in [0.4, 0.5) is 0 Å². The molecule has 1 aliphatic rings. The summed E-state index contributed by atoms with van der Waals surface area (Å²) in [7, 11) is 1.72. The molecule has 1 aromatic carbocycles. The third-order valence-corrected chi connectivity index (χ3v) is 3.49. The summed E-state index contributed by atoms with van der Waals surface area (Å²) in [5, 5.41) is 3.36. The topological polar surface area (TPSA) is 47.6 Å². The second-order valence-corrected chi connectivity index (χ2v) is 4.79. The van der Waals surface area contributed by atoms with E-state index in [1.807, 2.05) is 37.3 Å². The van der Waals surface area contributed by atoms with Gasteiger partial charge in [0.25, 0.3) is 0 Å². The van der Waals surface area contributed by atoms with Crippen molar-refractivity contribution in [3.63, 3.8) is 0 Å². The molecule has 104 valence electrons. The lowest BCUT2D eigenvalue weighted by Crippen LogP contribution is -2.48. The van der Waals surface area contributed by atoms with Crippen LogP contribution in [-0.2, 0) is 14.3 Å². The minimum Gasteiger partial charge on any atom is -0.465 e. The molecule has 1 atom stereocenters. The fourth-order valence-corrected chi connectivity index (χ4v) is 2.30. The molecule has 1 aromatic rings. The summed E-state index contributed by atoms with van der Waals surface area (Å²) in [6.45, 7) is 2.22. The van der Waals surface area contributed by atoms with Crippen molar-refractivity contribution in [2.75, 3.05) is 13.7 Å². The van der Waals surface area contributed by atoms with Crippen LogP contribution in [0, 0.1) is 0 Å². The molecule has 4 heteroatoms. The van der Waals surface area contributed by atoms with Gasteiger partial charge in [-0.25, -0.2) is 4.79 Å². The first-order valence-corrected chi connectivity index (χ1v) is 6.75. The fraction of sp³-hybridized carbons (Fsp3) is 0.533. The molecule has 0 aromatic heterocycles. The molecule has 0 radical (unpaired) electrons. The lowest BCUT2D eigenvalue weighted by molar-refractivity contribution is -0.146. The minimum atomic E-state index is -0.385. The number of ether oxygens (including phenoxy) is 2. The van der Waals surface area contributed by atoms with E-state index in [1.165, 1.54) is 0 Å². The highest BCUT2D eigenvalue weighted by Gasteiger charge is 2.33. The molecule has 0 spiro atoms. The summed E-state index contributed by atoms with van der Waals surface area (Å²) in [5.74, 6) is -0.213. The minimum absolute atomic E-state index is 0.213. The Bertz CT molecular complexity index is 401. The number of rotatable bonds is 6. The molecule has 1 N–H and O–H groups in total. The SMILES string of the molecule is CCOC(=O)C(NC1CC(OC)C1)c1ccccc1. The lowest BCUT2D eigenvalue weighted by atomic mass is 9.88. The number of carbonyl (C=O) groups is 1. The highest BCUT2D eigenvalue weighted by atomic mass is 16.5. The molecule has 0 bridgehead atoms. The number of hydrogen-bond acceptors (Lipinski definition) is 4. The van der Waals surface area contributed by atoms with E-state index in [0.29, 0.717) is 18.8 Å². The van der Waals surface area contributed by atoms with Gasteiger partial charge < -0.3 is 9.47 Å². The van der Waals surface area contributed by atoms with Crippen LogP contribution in [0.2, 0.25) is 0 Å². The van der Waals surface area contributed by atoms with Crippen molar-refractivity contribution in [1.29, 1.82) is 0 Å². The van der Waals surface area contributed by atoms with Gasteiger partial charge >= 0.3 is 5.97 Å². The molecule has 2 rings (SSSR count). The molecule has 0 saturated heterocycles. The van der Waals surface area contributed by atoms with Gasteiger partial charge in [0.1, 0.15) is 6.04 Å². The van der Waals surface area contributed by atoms with Crippen LogP contribution < -0.4 is 5.32 Å². The first-order chi connectivity index (χ1) is 9.24. The maximum Gasteiger partial charge on any atom is 0.327 e. The zero-order chi connectivity index (χ0) is 13.7. The Morgan fingerprint density at radius 3 is 2.63 bits per heavy atom. The van der Waals surface area contributed by atoms with E-state index in [-0.39, 0.29) is 12.0 Å². The van der Waals surface area contributed by atoms with E-state index in [0.717, 1.165) is 18.4 Å². The third kappa shape index (κ3) is 3.55. The Morgan fingerprint density at radius 1 is 1.37 bits per heavy atom. The van der Waals surface area contributed by atoms with E-state index in [4.69, 9.17) is 9.47 Å². The molecular formula is C15H21NO3. The van der Waals surface area contributed by atoms with Crippen LogP contribution in [0.1, 0.15) is 31.4 Å². The number of carbonyl (C=O) groups excluding carboxylic acids is 1. The van der Waals surface area contributed by atoms with Crippen LogP contribution in [-0.4, -0.2) is 31.8 Å². The summed E-state index contributed by atoms with van der Waals surface area (Å²) in [5.41, 5.74) is 0.946. The first kappa shape index (κ1) is 14.0. The average Bonchev–Trinajstić information content (AvgIpc) is 2.38. The first-order valence-electron chi connectivity index (χ1n) is 6.75. The smallest absolute Gasteiger partial charge is 0.327 e. The van der Waals surface area contributed by atoms with Crippen LogP contribution in [0.25, 0.3) is 0 Å². The van der Waals surface area contributed by atoms with Gasteiger partial charge in [0, 0.05) is 13.2 Å². The predicted octanol–water partition coefficient (Wildman–Crippen LogP) is 2.06. The van der Waals surface area contributed by atoms with Crippen molar-refractivity contribution in [2.24, 2.45) is 0 Å². The number of hydrogen-bond donors (Lipinski definition) is 1. The van der Waals surface area contributed by atoms with Crippen molar-refractivity contribution < 1.29 is 14.3 Å². The highest BCUT2D eigenvalue weighted by molar-refractivity contribution is 5.77. The van der Waals surface area contributed by atoms with Gasteiger partial charge in [-0.1, -0.05) is 30.3 Å². The number of nitrogens with one attached hydrogen (secondary N) is 1. The molecule has 0 aliphatic heterocycles. The molecule has 1 saturated carbocycles. The van der Waals surface area contributed by atoms with Crippen molar-refractivity contribution in [3.8, 4) is 0 Å². The predicted molar refractivity (Wildman–Crippen MR) is 72.8 cm³/mol. The largest absolute Gasteiger partial charge is 0.465 e. The van der Waals surface area contributed by atoms with Gasteiger partial charge in [-0.2, -0.15) is 0 Å². The van der Waals surface area contributed by atoms with E-state index in [2.05, 4.69) is 5.32 Å². The summed E-state index contributed by atoms with van der Waals surface area (Å²) in [6.07, 6.45) is 2.20. The molecule has 1 aliphatic carbocycles. The maximum absolute atomic E-state index is 12.1. The van der Waals surface area contributed by atoms with Crippen LogP contribution in [0.3, 0.4) is 0 Å². The van der Waals surface area contributed by atoms with Crippen LogP contribution in [0.15, 0.2) is 30.3 Å². The van der Waals surface area contributed by atoms with Crippen molar-refractivity contribution in [3.05, 3.63) is 35.9 Å². The van der Waals surface area contributed by atoms with Crippen molar-refractivity contribution in [1.82, 2.24) is 5.32 Å². The van der Waals surface area contributed by atoms with Gasteiger partial charge in [-0.3, -0.25) is 5.32 Å². The fourth-order valence-electron chi connectivity index (χ4n) is 2.30. The summed E-state index contributed by atoms with van der Waals surface area (Å²) < 4.78 is 10.4. The number of methoxy groups -OCH3 is 1. The molecule has 0 heterocycles.